The molecule has 158 valence electrons. The van der Waals surface area contributed by atoms with E-state index in [0.29, 0.717) is 21.9 Å². The van der Waals surface area contributed by atoms with Crippen molar-refractivity contribution in [1.82, 2.24) is 9.97 Å². The Labute approximate surface area is 192 Å². The molecular weight excluding hydrogens is 427 g/mol. The third-order valence-electron chi connectivity index (χ3n) is 6.63. The van der Waals surface area contributed by atoms with Gasteiger partial charge in [0.1, 0.15) is 5.82 Å². The number of aromatic nitrogens is 2. The van der Waals surface area contributed by atoms with E-state index in [1.165, 1.54) is 11.1 Å². The quantitative estimate of drug-likeness (QED) is 0.482. The van der Waals surface area contributed by atoms with Gasteiger partial charge in [-0.1, -0.05) is 47.5 Å². The molecule has 3 aromatic rings. The predicted molar refractivity (Wildman–Crippen MR) is 126 cm³/mol. The zero-order chi connectivity index (χ0) is 21.1. The van der Waals surface area contributed by atoms with Crippen molar-refractivity contribution >= 4 is 29.0 Å². The van der Waals surface area contributed by atoms with Gasteiger partial charge in [0.2, 0.25) is 0 Å². The van der Waals surface area contributed by atoms with E-state index in [4.69, 9.17) is 38.9 Å². The van der Waals surface area contributed by atoms with Gasteiger partial charge in [-0.3, -0.25) is 0 Å². The second-order valence-corrected chi connectivity index (χ2v) is 9.90. The molecule has 3 N–H and O–H groups in total. The van der Waals surface area contributed by atoms with E-state index in [1.54, 1.807) is 6.07 Å². The predicted octanol–water partition coefficient (Wildman–Crippen LogP) is 6.24. The second-order valence-electron chi connectivity index (χ2n) is 9.05. The molecule has 0 bridgehead atoms. The average molecular weight is 451 g/mol. The summed E-state index contributed by atoms with van der Waals surface area (Å²) in [5.74, 6) is 1.78. The van der Waals surface area contributed by atoms with E-state index < -0.39 is 0 Å². The highest BCUT2D eigenvalue weighted by atomic mass is 35.5. The second kappa shape index (κ2) is 7.47. The van der Waals surface area contributed by atoms with Gasteiger partial charge in [0.15, 0.2) is 0 Å². The Hall–Kier alpha value is -2.14. The number of hydrogen-bond donors (Lipinski definition) is 2. The topological polar surface area (TPSA) is 63.8 Å². The maximum Gasteiger partial charge on any atom is 0.148 e. The number of hydrogen-bond acceptors (Lipinski definition) is 4. The first kappa shape index (κ1) is 19.5. The van der Waals surface area contributed by atoms with E-state index in [0.717, 1.165) is 60.6 Å². The first-order valence-corrected chi connectivity index (χ1v) is 11.8. The van der Waals surface area contributed by atoms with Gasteiger partial charge in [-0.2, -0.15) is 0 Å². The monoisotopic (exact) mass is 450 g/mol. The van der Waals surface area contributed by atoms with Crippen LogP contribution in [0.2, 0.25) is 10.0 Å². The van der Waals surface area contributed by atoms with Crippen LogP contribution in [0.25, 0.3) is 11.3 Å². The van der Waals surface area contributed by atoms with Gasteiger partial charge < -0.3 is 11.1 Å². The summed E-state index contributed by atoms with van der Waals surface area (Å²) < 4.78 is 0. The van der Waals surface area contributed by atoms with Gasteiger partial charge in [0.05, 0.1) is 28.1 Å². The molecule has 0 spiro atoms. The highest BCUT2D eigenvalue weighted by Crippen LogP contribution is 2.49. The lowest BCUT2D eigenvalue weighted by molar-refractivity contribution is 0.621. The van der Waals surface area contributed by atoms with Crippen LogP contribution in [0.15, 0.2) is 42.5 Å². The molecule has 0 radical (unpaired) electrons. The van der Waals surface area contributed by atoms with Crippen molar-refractivity contribution in [3.8, 4) is 11.3 Å². The minimum atomic E-state index is 0.0287. The maximum absolute atomic E-state index is 6.58. The molecule has 0 saturated heterocycles. The third kappa shape index (κ3) is 3.61. The Kier molecular flexibility index (Phi) is 4.71. The van der Waals surface area contributed by atoms with Crippen LogP contribution in [-0.2, 0) is 6.42 Å². The molecule has 3 aliphatic rings. The molecule has 0 amide bonds. The van der Waals surface area contributed by atoms with Crippen molar-refractivity contribution in [1.29, 1.82) is 0 Å². The Morgan fingerprint density at radius 1 is 0.903 bits per heavy atom. The van der Waals surface area contributed by atoms with Crippen LogP contribution in [-0.4, -0.2) is 16.0 Å². The normalized spacial score (nSPS) is 22.4. The lowest BCUT2D eigenvalue weighted by Crippen LogP contribution is -2.30. The first-order chi connectivity index (χ1) is 15.1. The Balaban J connectivity index is 1.45. The zero-order valence-electron chi connectivity index (χ0n) is 17.1. The number of nitrogens with zero attached hydrogens (tertiary/aromatic N) is 2. The summed E-state index contributed by atoms with van der Waals surface area (Å²) in [6, 6.07) is 14.2. The van der Waals surface area contributed by atoms with Crippen LogP contribution in [0.4, 0.5) is 5.82 Å². The minimum Gasteiger partial charge on any atom is -0.360 e. The van der Waals surface area contributed by atoms with Crippen LogP contribution in [0, 0.1) is 0 Å². The number of nitrogens with one attached hydrogen (secondary N) is 1. The van der Waals surface area contributed by atoms with Crippen LogP contribution < -0.4 is 11.1 Å². The van der Waals surface area contributed by atoms with Crippen LogP contribution in [0.3, 0.4) is 0 Å². The van der Waals surface area contributed by atoms with E-state index in [9.17, 15) is 0 Å². The van der Waals surface area contributed by atoms with E-state index in [1.807, 2.05) is 12.1 Å². The van der Waals surface area contributed by atoms with Gasteiger partial charge >= 0.3 is 0 Å². The largest absolute Gasteiger partial charge is 0.360 e. The fourth-order valence-corrected chi connectivity index (χ4v) is 5.19. The summed E-state index contributed by atoms with van der Waals surface area (Å²) in [7, 11) is 0. The van der Waals surface area contributed by atoms with E-state index in [2.05, 4.69) is 29.6 Å². The standard InChI is InChI=1S/C25H24Cl2N4/c26-16-9-10-18(19(27)12-16)24-21(13-5-6-13)30-25(22(29-24)14-7-8-14)31-23-17-4-2-1-3-15(17)11-20(23)28/h1-4,9-10,12-14,20,23H,5-8,11,28H2,(H,30,31)/t20-,23?/m1/s1. The fraction of sp³-hybridized carbons (Fsp3) is 0.360. The Morgan fingerprint density at radius 2 is 1.65 bits per heavy atom. The summed E-state index contributed by atoms with van der Waals surface area (Å²) >= 11 is 12.7. The van der Waals surface area contributed by atoms with Crippen molar-refractivity contribution in [2.24, 2.45) is 5.73 Å². The number of fused-ring (bicyclic) bond motifs is 1. The molecule has 31 heavy (non-hydrogen) atoms. The molecule has 1 unspecified atom stereocenters. The summed E-state index contributed by atoms with van der Waals surface area (Å²) in [6.07, 6.45) is 5.45. The molecule has 2 aromatic carbocycles. The number of benzene rings is 2. The summed E-state index contributed by atoms with van der Waals surface area (Å²) in [5.41, 5.74) is 13.0. The minimum absolute atomic E-state index is 0.0287. The van der Waals surface area contributed by atoms with Crippen LogP contribution >= 0.6 is 23.2 Å². The number of nitrogens with two attached hydrogens (primary N) is 1. The van der Waals surface area contributed by atoms with E-state index >= 15 is 0 Å². The lowest BCUT2D eigenvalue weighted by Gasteiger charge is -2.23. The van der Waals surface area contributed by atoms with Gasteiger partial charge in [0.25, 0.3) is 0 Å². The van der Waals surface area contributed by atoms with Crippen LogP contribution in [0.5, 0.6) is 0 Å². The van der Waals surface area contributed by atoms with Crippen molar-refractivity contribution in [3.63, 3.8) is 0 Å². The lowest BCUT2D eigenvalue weighted by atomic mass is 10.0. The maximum atomic E-state index is 6.58. The highest BCUT2D eigenvalue weighted by molar-refractivity contribution is 6.36. The van der Waals surface area contributed by atoms with Gasteiger partial charge in [-0.15, -0.1) is 0 Å². The van der Waals surface area contributed by atoms with Crippen molar-refractivity contribution in [3.05, 3.63) is 75.0 Å². The van der Waals surface area contributed by atoms with Crippen LogP contribution in [0.1, 0.15) is 66.1 Å². The molecule has 2 atom stereocenters. The molecule has 1 heterocycles. The van der Waals surface area contributed by atoms with Gasteiger partial charge in [0, 0.05) is 28.5 Å². The third-order valence-corrected chi connectivity index (χ3v) is 7.18. The van der Waals surface area contributed by atoms with Crippen molar-refractivity contribution < 1.29 is 0 Å². The number of halogens is 2. The average Bonchev–Trinajstić information content (AvgIpc) is 3.66. The summed E-state index contributed by atoms with van der Waals surface area (Å²) in [6.45, 7) is 0. The first-order valence-electron chi connectivity index (χ1n) is 11.1. The van der Waals surface area contributed by atoms with Gasteiger partial charge in [-0.05, 0) is 61.4 Å². The summed E-state index contributed by atoms with van der Waals surface area (Å²) in [5, 5.41) is 4.96. The SMILES string of the molecule is N[C@@H]1Cc2ccccc2C1Nc1nc(C2CC2)c(-c2ccc(Cl)cc2Cl)nc1C1CC1. The number of anilines is 1. The Morgan fingerprint density at radius 3 is 2.39 bits per heavy atom. The fourth-order valence-electron chi connectivity index (χ4n) is 4.69. The molecule has 1 aromatic heterocycles. The molecule has 6 rings (SSSR count). The molecule has 4 nitrogen and oxygen atoms in total. The van der Waals surface area contributed by atoms with Crippen molar-refractivity contribution in [2.45, 2.75) is 56.0 Å². The zero-order valence-corrected chi connectivity index (χ0v) is 18.6. The molecule has 3 aliphatic carbocycles. The molecular formula is C25H24Cl2N4. The Bertz CT molecular complexity index is 1170. The van der Waals surface area contributed by atoms with Gasteiger partial charge in [-0.25, -0.2) is 9.97 Å². The molecule has 0 aliphatic heterocycles. The van der Waals surface area contributed by atoms with E-state index in [-0.39, 0.29) is 12.1 Å². The molecule has 2 fully saturated rings. The smallest absolute Gasteiger partial charge is 0.148 e. The highest BCUT2D eigenvalue weighted by Gasteiger charge is 2.37. The summed E-state index contributed by atoms with van der Waals surface area (Å²) in [4.78, 5) is 10.4. The molecule has 2 saturated carbocycles. The number of rotatable bonds is 5. The van der Waals surface area contributed by atoms with Crippen molar-refractivity contribution in [2.75, 3.05) is 5.32 Å². The molecule has 6 heteroatoms.